The number of esters is 1. The van der Waals surface area contributed by atoms with Crippen LogP contribution in [0.5, 0.6) is 5.75 Å². The molecule has 4 aromatic rings. The van der Waals surface area contributed by atoms with Crippen molar-refractivity contribution in [3.05, 3.63) is 83.9 Å². The second-order valence-electron chi connectivity index (χ2n) is 6.54. The van der Waals surface area contributed by atoms with Crippen LogP contribution in [0.25, 0.3) is 28.5 Å². The summed E-state index contributed by atoms with van der Waals surface area (Å²) >= 11 is 0. The van der Waals surface area contributed by atoms with Crippen LogP contribution in [0.4, 0.5) is 0 Å². The summed E-state index contributed by atoms with van der Waals surface area (Å²) in [5, 5.41) is 14.9. The van der Waals surface area contributed by atoms with Crippen LogP contribution in [0.1, 0.15) is 15.9 Å². The van der Waals surface area contributed by atoms with Crippen LogP contribution in [0.2, 0.25) is 0 Å². The summed E-state index contributed by atoms with van der Waals surface area (Å²) in [5.74, 6) is 0.775. The van der Waals surface area contributed by atoms with E-state index in [-0.39, 0.29) is 5.75 Å². The van der Waals surface area contributed by atoms with Gasteiger partial charge in [0.1, 0.15) is 5.75 Å². The molecular formula is C23H19N3O3. The SMILES string of the molecule is COC(=O)c1ccc(-n2nc(-c3ccccc3O)nc2-c2ccccc2C)cc1. The van der Waals surface area contributed by atoms with Gasteiger partial charge in [0.25, 0.3) is 0 Å². The van der Waals surface area contributed by atoms with Crippen LogP contribution in [0.3, 0.4) is 0 Å². The molecule has 0 saturated heterocycles. The maximum absolute atomic E-state index is 11.7. The molecule has 1 aromatic heterocycles. The molecule has 6 heteroatoms. The number of aryl methyl sites for hydroxylation is 1. The van der Waals surface area contributed by atoms with E-state index >= 15 is 0 Å². The number of hydrogen-bond acceptors (Lipinski definition) is 5. The fourth-order valence-corrected chi connectivity index (χ4v) is 3.12. The molecule has 0 amide bonds. The van der Waals surface area contributed by atoms with Crippen molar-refractivity contribution >= 4 is 5.97 Å². The molecule has 144 valence electrons. The highest BCUT2D eigenvalue weighted by atomic mass is 16.5. The number of carbonyl (C=O) groups excluding carboxylic acids is 1. The summed E-state index contributed by atoms with van der Waals surface area (Å²) in [6.45, 7) is 2.01. The zero-order chi connectivity index (χ0) is 20.4. The van der Waals surface area contributed by atoms with Crippen molar-refractivity contribution in [2.24, 2.45) is 0 Å². The van der Waals surface area contributed by atoms with Crippen LogP contribution < -0.4 is 0 Å². The molecule has 0 saturated carbocycles. The zero-order valence-corrected chi connectivity index (χ0v) is 16.0. The lowest BCUT2D eigenvalue weighted by Gasteiger charge is -2.08. The number of para-hydroxylation sites is 1. The van der Waals surface area contributed by atoms with Gasteiger partial charge in [0.15, 0.2) is 11.6 Å². The monoisotopic (exact) mass is 385 g/mol. The van der Waals surface area contributed by atoms with Gasteiger partial charge >= 0.3 is 5.97 Å². The molecule has 29 heavy (non-hydrogen) atoms. The van der Waals surface area contributed by atoms with E-state index in [1.165, 1.54) is 7.11 Å². The number of rotatable bonds is 4. The lowest BCUT2D eigenvalue weighted by Crippen LogP contribution is -2.04. The van der Waals surface area contributed by atoms with Gasteiger partial charge in [-0.2, -0.15) is 0 Å². The third-order valence-electron chi connectivity index (χ3n) is 4.67. The summed E-state index contributed by atoms with van der Waals surface area (Å²) in [5.41, 5.74) is 3.72. The highest BCUT2D eigenvalue weighted by Crippen LogP contribution is 2.31. The Morgan fingerprint density at radius 3 is 2.24 bits per heavy atom. The maximum atomic E-state index is 11.7. The number of phenols is 1. The van der Waals surface area contributed by atoms with Crippen molar-refractivity contribution in [2.75, 3.05) is 7.11 Å². The number of phenolic OH excluding ortho intramolecular Hbond substituents is 1. The van der Waals surface area contributed by atoms with Crippen molar-refractivity contribution in [2.45, 2.75) is 6.92 Å². The van der Waals surface area contributed by atoms with Gasteiger partial charge in [-0.1, -0.05) is 36.4 Å². The Kier molecular flexibility index (Phi) is 4.83. The number of aromatic nitrogens is 3. The summed E-state index contributed by atoms with van der Waals surface area (Å²) in [7, 11) is 1.35. The standard InChI is InChI=1S/C23H19N3O3/c1-15-7-3-4-8-18(15)22-24-21(19-9-5-6-10-20(19)27)25-26(22)17-13-11-16(12-14-17)23(28)29-2/h3-14,27H,1-2H3. The van der Waals surface area contributed by atoms with Gasteiger partial charge in [0.05, 0.1) is 23.9 Å². The minimum atomic E-state index is -0.399. The van der Waals surface area contributed by atoms with E-state index in [9.17, 15) is 9.90 Å². The number of ether oxygens (including phenoxy) is 1. The second-order valence-corrected chi connectivity index (χ2v) is 6.54. The van der Waals surface area contributed by atoms with Gasteiger partial charge in [0.2, 0.25) is 0 Å². The largest absolute Gasteiger partial charge is 0.507 e. The van der Waals surface area contributed by atoms with Gasteiger partial charge in [-0.3, -0.25) is 0 Å². The van der Waals surface area contributed by atoms with E-state index in [0.717, 1.165) is 16.8 Å². The summed E-state index contributed by atoms with van der Waals surface area (Å²) in [6, 6.07) is 21.8. The fourth-order valence-electron chi connectivity index (χ4n) is 3.12. The Bertz CT molecular complexity index is 1180. The van der Waals surface area contributed by atoms with Crippen molar-refractivity contribution in [1.29, 1.82) is 0 Å². The lowest BCUT2D eigenvalue weighted by molar-refractivity contribution is 0.0600. The smallest absolute Gasteiger partial charge is 0.337 e. The molecule has 1 heterocycles. The summed E-state index contributed by atoms with van der Waals surface area (Å²) < 4.78 is 6.48. The van der Waals surface area contributed by atoms with Crippen LogP contribution >= 0.6 is 0 Å². The topological polar surface area (TPSA) is 77.2 Å². The van der Waals surface area contributed by atoms with Crippen LogP contribution in [0.15, 0.2) is 72.8 Å². The molecule has 0 aliphatic rings. The lowest BCUT2D eigenvalue weighted by atomic mass is 10.1. The van der Waals surface area contributed by atoms with Crippen LogP contribution in [0, 0.1) is 6.92 Å². The third-order valence-corrected chi connectivity index (χ3v) is 4.67. The van der Waals surface area contributed by atoms with E-state index in [0.29, 0.717) is 22.8 Å². The van der Waals surface area contributed by atoms with Crippen molar-refractivity contribution < 1.29 is 14.6 Å². The second kappa shape index (κ2) is 7.59. The molecular weight excluding hydrogens is 366 g/mol. The zero-order valence-electron chi connectivity index (χ0n) is 16.0. The molecule has 0 aliphatic heterocycles. The first-order chi connectivity index (χ1) is 14.1. The van der Waals surface area contributed by atoms with Crippen LogP contribution in [-0.4, -0.2) is 33.0 Å². The number of hydrogen-bond donors (Lipinski definition) is 1. The van der Waals surface area contributed by atoms with Crippen molar-refractivity contribution in [1.82, 2.24) is 14.8 Å². The van der Waals surface area contributed by atoms with Gasteiger partial charge in [-0.15, -0.1) is 5.10 Å². The molecule has 1 N–H and O–H groups in total. The first kappa shape index (κ1) is 18.4. The predicted molar refractivity (Wildman–Crippen MR) is 110 cm³/mol. The van der Waals surface area contributed by atoms with E-state index in [2.05, 4.69) is 5.10 Å². The highest BCUT2D eigenvalue weighted by Gasteiger charge is 2.18. The number of carbonyl (C=O) groups is 1. The normalized spacial score (nSPS) is 10.7. The average molecular weight is 385 g/mol. The molecule has 4 rings (SSSR count). The van der Waals surface area contributed by atoms with Gasteiger partial charge in [-0.25, -0.2) is 14.5 Å². The number of aromatic hydroxyl groups is 1. The first-order valence-electron chi connectivity index (χ1n) is 9.08. The molecule has 0 atom stereocenters. The molecule has 0 aliphatic carbocycles. The van der Waals surface area contributed by atoms with E-state index in [1.807, 2.05) is 37.3 Å². The predicted octanol–water partition coefficient (Wildman–Crippen LogP) is 4.40. The van der Waals surface area contributed by atoms with Crippen molar-refractivity contribution in [3.8, 4) is 34.2 Å². The Labute approximate surface area is 168 Å². The van der Waals surface area contributed by atoms with Crippen molar-refractivity contribution in [3.63, 3.8) is 0 Å². The molecule has 0 radical (unpaired) electrons. The van der Waals surface area contributed by atoms with Gasteiger partial charge < -0.3 is 9.84 Å². The summed E-state index contributed by atoms with van der Waals surface area (Å²) in [6.07, 6.45) is 0. The molecule has 0 spiro atoms. The quantitative estimate of drug-likeness (QED) is 0.527. The molecule has 0 bridgehead atoms. The fraction of sp³-hybridized carbons (Fsp3) is 0.0870. The number of methoxy groups -OCH3 is 1. The Hall–Kier alpha value is -3.93. The first-order valence-corrected chi connectivity index (χ1v) is 9.08. The number of benzene rings is 3. The van der Waals surface area contributed by atoms with Crippen LogP contribution in [-0.2, 0) is 4.74 Å². The third kappa shape index (κ3) is 3.48. The molecule has 0 unspecified atom stereocenters. The Balaban J connectivity index is 1.89. The molecule has 3 aromatic carbocycles. The van der Waals surface area contributed by atoms with E-state index in [1.54, 1.807) is 47.1 Å². The van der Waals surface area contributed by atoms with Gasteiger partial charge in [0, 0.05) is 5.56 Å². The minimum Gasteiger partial charge on any atom is -0.507 e. The van der Waals surface area contributed by atoms with Gasteiger partial charge in [-0.05, 0) is 48.9 Å². The molecule has 0 fully saturated rings. The summed E-state index contributed by atoms with van der Waals surface area (Å²) in [4.78, 5) is 16.5. The Morgan fingerprint density at radius 1 is 0.931 bits per heavy atom. The molecule has 6 nitrogen and oxygen atoms in total. The highest BCUT2D eigenvalue weighted by molar-refractivity contribution is 5.89. The van der Waals surface area contributed by atoms with E-state index in [4.69, 9.17) is 9.72 Å². The minimum absolute atomic E-state index is 0.113. The number of nitrogens with zero attached hydrogens (tertiary/aromatic N) is 3. The average Bonchev–Trinajstić information content (AvgIpc) is 3.19. The van der Waals surface area contributed by atoms with E-state index < -0.39 is 5.97 Å². The Morgan fingerprint density at radius 2 is 1.59 bits per heavy atom. The maximum Gasteiger partial charge on any atom is 0.337 e.